The van der Waals surface area contributed by atoms with E-state index in [9.17, 15) is 4.79 Å². The van der Waals surface area contributed by atoms with Crippen LogP contribution in [0.15, 0.2) is 42.7 Å². The van der Waals surface area contributed by atoms with Crippen molar-refractivity contribution in [3.8, 4) is 0 Å². The number of likely N-dealkylation sites (tertiary alicyclic amines) is 1. The molecule has 25 heavy (non-hydrogen) atoms. The van der Waals surface area contributed by atoms with E-state index in [4.69, 9.17) is 4.74 Å². The first-order chi connectivity index (χ1) is 12.2. The van der Waals surface area contributed by atoms with Crippen LogP contribution in [-0.4, -0.2) is 45.8 Å². The zero-order chi connectivity index (χ0) is 17.1. The molecule has 1 spiro atoms. The summed E-state index contributed by atoms with van der Waals surface area (Å²) in [6.07, 6.45) is 6.50. The smallest absolute Gasteiger partial charge is 0.407 e. The highest BCUT2D eigenvalue weighted by Gasteiger charge is 2.41. The Labute approximate surface area is 147 Å². The number of carbonyl (C=O) groups is 1. The molecule has 0 saturated carbocycles. The summed E-state index contributed by atoms with van der Waals surface area (Å²) in [5, 5.41) is 2.81. The molecule has 2 aromatic rings. The second-order valence-corrected chi connectivity index (χ2v) is 7.01. The minimum absolute atomic E-state index is 0.271. The van der Waals surface area contributed by atoms with Gasteiger partial charge in [-0.1, -0.05) is 30.3 Å². The SMILES string of the molecule is O=C1NC[C@@]2(CCCN(Cc3nccn3Cc3ccccc3)CC2)O1. The lowest BCUT2D eigenvalue weighted by Crippen LogP contribution is -2.35. The number of rotatable bonds is 4. The standard InChI is InChI=1S/C19H24N4O2/c24-18-21-15-19(25-18)7-4-10-22(11-8-19)14-17-20-9-12-23(17)13-16-5-2-1-3-6-16/h1-3,5-6,9,12H,4,7-8,10-11,13-15H2,(H,21,24)/t19-/m0/s1. The van der Waals surface area contributed by atoms with E-state index >= 15 is 0 Å². The molecule has 3 heterocycles. The minimum atomic E-state index is -0.300. The lowest BCUT2D eigenvalue weighted by Gasteiger charge is -2.25. The first kappa shape index (κ1) is 16.1. The van der Waals surface area contributed by atoms with E-state index in [0.29, 0.717) is 6.54 Å². The van der Waals surface area contributed by atoms with E-state index in [-0.39, 0.29) is 11.7 Å². The van der Waals surface area contributed by atoms with Gasteiger partial charge in [-0.15, -0.1) is 0 Å². The first-order valence-corrected chi connectivity index (χ1v) is 8.96. The van der Waals surface area contributed by atoms with E-state index in [1.54, 1.807) is 0 Å². The fraction of sp³-hybridized carbons (Fsp3) is 0.474. The van der Waals surface area contributed by atoms with Gasteiger partial charge in [-0.25, -0.2) is 9.78 Å². The molecule has 0 radical (unpaired) electrons. The van der Waals surface area contributed by atoms with E-state index in [0.717, 1.165) is 51.3 Å². The van der Waals surface area contributed by atoms with E-state index in [2.05, 4.69) is 44.0 Å². The molecule has 1 N–H and O–H groups in total. The molecule has 2 saturated heterocycles. The van der Waals surface area contributed by atoms with Crippen LogP contribution in [0.5, 0.6) is 0 Å². The van der Waals surface area contributed by atoms with Crippen molar-refractivity contribution in [3.63, 3.8) is 0 Å². The number of benzene rings is 1. The van der Waals surface area contributed by atoms with Crippen molar-refractivity contribution < 1.29 is 9.53 Å². The first-order valence-electron chi connectivity index (χ1n) is 8.96. The molecule has 1 aromatic carbocycles. The van der Waals surface area contributed by atoms with Crippen molar-refractivity contribution >= 4 is 6.09 Å². The molecule has 6 nitrogen and oxygen atoms in total. The van der Waals surface area contributed by atoms with Crippen molar-refractivity contribution in [3.05, 3.63) is 54.1 Å². The van der Waals surface area contributed by atoms with Gasteiger partial charge in [-0.3, -0.25) is 4.90 Å². The Morgan fingerprint density at radius 2 is 2.04 bits per heavy atom. The molecular formula is C19H24N4O2. The zero-order valence-electron chi connectivity index (χ0n) is 14.4. The van der Waals surface area contributed by atoms with Crippen LogP contribution in [-0.2, 0) is 17.8 Å². The maximum absolute atomic E-state index is 11.4. The summed E-state index contributed by atoms with van der Waals surface area (Å²) < 4.78 is 7.77. The molecule has 2 fully saturated rings. The van der Waals surface area contributed by atoms with Crippen molar-refractivity contribution in [2.75, 3.05) is 19.6 Å². The summed E-state index contributed by atoms with van der Waals surface area (Å²) in [4.78, 5) is 18.4. The molecule has 0 aliphatic carbocycles. The summed E-state index contributed by atoms with van der Waals surface area (Å²) in [5.74, 6) is 1.08. The van der Waals surface area contributed by atoms with E-state index in [1.807, 2.05) is 18.5 Å². The molecule has 1 aromatic heterocycles. The Morgan fingerprint density at radius 1 is 1.16 bits per heavy atom. The van der Waals surface area contributed by atoms with Crippen LogP contribution in [0.1, 0.15) is 30.7 Å². The maximum Gasteiger partial charge on any atom is 0.407 e. The Bertz CT molecular complexity index is 730. The van der Waals surface area contributed by atoms with Gasteiger partial charge in [-0.2, -0.15) is 0 Å². The summed E-state index contributed by atoms with van der Waals surface area (Å²) >= 11 is 0. The fourth-order valence-electron chi connectivity index (χ4n) is 3.78. The van der Waals surface area contributed by atoms with Crippen LogP contribution in [0, 0.1) is 0 Å². The number of nitrogens with zero attached hydrogens (tertiary/aromatic N) is 3. The van der Waals surface area contributed by atoms with Crippen LogP contribution in [0.3, 0.4) is 0 Å². The number of alkyl carbamates (subject to hydrolysis) is 1. The number of aromatic nitrogens is 2. The number of ether oxygens (including phenoxy) is 1. The fourth-order valence-corrected chi connectivity index (χ4v) is 3.78. The highest BCUT2D eigenvalue weighted by molar-refractivity contribution is 5.70. The molecule has 2 aliphatic rings. The molecule has 0 unspecified atom stereocenters. The second-order valence-electron chi connectivity index (χ2n) is 7.01. The van der Waals surface area contributed by atoms with Gasteiger partial charge in [-0.05, 0) is 24.9 Å². The molecule has 132 valence electrons. The largest absolute Gasteiger partial charge is 0.441 e. The highest BCUT2D eigenvalue weighted by Crippen LogP contribution is 2.29. The molecule has 1 amide bonds. The van der Waals surface area contributed by atoms with Gasteiger partial charge in [0.2, 0.25) is 0 Å². The summed E-state index contributed by atoms with van der Waals surface area (Å²) in [5.41, 5.74) is 0.978. The number of nitrogens with one attached hydrogen (secondary N) is 1. The highest BCUT2D eigenvalue weighted by atomic mass is 16.6. The minimum Gasteiger partial charge on any atom is -0.441 e. The van der Waals surface area contributed by atoms with Crippen LogP contribution >= 0.6 is 0 Å². The number of carbonyl (C=O) groups excluding carboxylic acids is 1. The Kier molecular flexibility index (Phi) is 4.44. The normalized spacial score (nSPS) is 24.1. The molecular weight excluding hydrogens is 316 g/mol. The molecule has 0 bridgehead atoms. The van der Waals surface area contributed by atoms with Gasteiger partial charge in [0.25, 0.3) is 0 Å². The third-order valence-electron chi connectivity index (χ3n) is 5.22. The Balaban J connectivity index is 1.40. The molecule has 1 atom stereocenters. The molecule has 6 heteroatoms. The van der Waals surface area contributed by atoms with Gasteiger partial charge in [0.05, 0.1) is 13.1 Å². The lowest BCUT2D eigenvalue weighted by atomic mass is 9.95. The summed E-state index contributed by atoms with van der Waals surface area (Å²) in [6, 6.07) is 10.5. The van der Waals surface area contributed by atoms with Crippen molar-refractivity contribution in [2.24, 2.45) is 0 Å². The third-order valence-corrected chi connectivity index (χ3v) is 5.22. The monoisotopic (exact) mass is 340 g/mol. The zero-order valence-corrected chi connectivity index (χ0v) is 14.4. The number of hydrogen-bond acceptors (Lipinski definition) is 4. The predicted molar refractivity (Wildman–Crippen MR) is 94.1 cm³/mol. The third kappa shape index (κ3) is 3.69. The maximum atomic E-state index is 11.4. The van der Waals surface area contributed by atoms with Gasteiger partial charge in [0, 0.05) is 31.9 Å². The average Bonchev–Trinajstić information content (AvgIpc) is 3.14. The number of imidazole rings is 1. The van der Waals surface area contributed by atoms with Crippen LogP contribution < -0.4 is 5.32 Å². The van der Waals surface area contributed by atoms with Crippen molar-refractivity contribution in [1.29, 1.82) is 0 Å². The molecule has 4 rings (SSSR count). The van der Waals surface area contributed by atoms with Crippen LogP contribution in [0.4, 0.5) is 4.79 Å². The lowest BCUT2D eigenvalue weighted by molar-refractivity contribution is 0.0442. The van der Waals surface area contributed by atoms with Gasteiger partial charge in [0.1, 0.15) is 11.4 Å². The predicted octanol–water partition coefficient (Wildman–Crippen LogP) is 2.40. The number of hydrogen-bond donors (Lipinski definition) is 1. The molecule has 2 aliphatic heterocycles. The van der Waals surface area contributed by atoms with Crippen molar-refractivity contribution in [2.45, 2.75) is 38.0 Å². The van der Waals surface area contributed by atoms with Gasteiger partial charge < -0.3 is 14.6 Å². The Morgan fingerprint density at radius 3 is 2.84 bits per heavy atom. The van der Waals surface area contributed by atoms with Crippen LogP contribution in [0.25, 0.3) is 0 Å². The van der Waals surface area contributed by atoms with Gasteiger partial charge >= 0.3 is 6.09 Å². The summed E-state index contributed by atoms with van der Waals surface area (Å²) in [7, 11) is 0. The average molecular weight is 340 g/mol. The van der Waals surface area contributed by atoms with Crippen molar-refractivity contribution in [1.82, 2.24) is 19.8 Å². The quantitative estimate of drug-likeness (QED) is 0.928. The summed E-state index contributed by atoms with van der Waals surface area (Å²) in [6.45, 7) is 4.25. The number of amides is 1. The van der Waals surface area contributed by atoms with Crippen LogP contribution in [0.2, 0.25) is 0 Å². The van der Waals surface area contributed by atoms with Gasteiger partial charge in [0.15, 0.2) is 0 Å². The van der Waals surface area contributed by atoms with E-state index in [1.165, 1.54) is 5.56 Å². The van der Waals surface area contributed by atoms with E-state index < -0.39 is 0 Å². The second kappa shape index (κ2) is 6.88. The topological polar surface area (TPSA) is 59.4 Å². The Hall–Kier alpha value is -2.34.